The van der Waals surface area contributed by atoms with E-state index < -0.39 is 0 Å². The molecule has 1 aromatic heterocycles. The van der Waals surface area contributed by atoms with Gasteiger partial charge in [-0.15, -0.1) is 0 Å². The van der Waals surface area contributed by atoms with Crippen LogP contribution in [0.3, 0.4) is 0 Å². The molecule has 4 rings (SSSR count). The van der Waals surface area contributed by atoms with Crippen molar-refractivity contribution in [2.75, 3.05) is 20.3 Å². The molecule has 2 aromatic carbocycles. The zero-order valence-electron chi connectivity index (χ0n) is 15.2. The quantitative estimate of drug-likeness (QED) is 0.643. The second-order valence-corrected chi connectivity index (χ2v) is 6.82. The van der Waals surface area contributed by atoms with Crippen LogP contribution in [-0.2, 0) is 12.8 Å². The van der Waals surface area contributed by atoms with Gasteiger partial charge in [0.05, 0.1) is 13.4 Å². The van der Waals surface area contributed by atoms with Crippen molar-refractivity contribution < 1.29 is 13.9 Å². The largest absolute Gasteiger partial charge is 0.496 e. The number of unbranched alkanes of at least 4 members (excludes halogenated alkanes) is 1. The third kappa shape index (κ3) is 3.56. The van der Waals surface area contributed by atoms with E-state index in [4.69, 9.17) is 13.9 Å². The minimum absolute atomic E-state index is 0.341. The van der Waals surface area contributed by atoms with Crippen LogP contribution < -0.4 is 14.8 Å². The van der Waals surface area contributed by atoms with Gasteiger partial charge in [-0.05, 0) is 56.0 Å². The number of methoxy groups -OCH3 is 1. The first-order valence-electron chi connectivity index (χ1n) is 9.32. The van der Waals surface area contributed by atoms with Crippen molar-refractivity contribution in [3.63, 3.8) is 0 Å². The lowest BCUT2D eigenvalue weighted by molar-refractivity contribution is 0.234. The van der Waals surface area contributed by atoms with Gasteiger partial charge in [0.1, 0.15) is 23.7 Å². The molecule has 1 aliphatic heterocycles. The third-order valence-corrected chi connectivity index (χ3v) is 5.07. The normalized spacial score (nSPS) is 16.3. The molecule has 0 aliphatic carbocycles. The number of rotatable bonds is 7. The predicted molar refractivity (Wildman–Crippen MR) is 103 cm³/mol. The molecule has 0 saturated carbocycles. The molecule has 1 N–H and O–H groups in total. The van der Waals surface area contributed by atoms with Crippen molar-refractivity contribution in [1.29, 1.82) is 0 Å². The van der Waals surface area contributed by atoms with Crippen LogP contribution in [0.15, 0.2) is 53.1 Å². The van der Waals surface area contributed by atoms with Gasteiger partial charge < -0.3 is 19.2 Å². The summed E-state index contributed by atoms with van der Waals surface area (Å²) in [4.78, 5) is 0. The maximum absolute atomic E-state index is 5.89. The Morgan fingerprint density at radius 2 is 2.04 bits per heavy atom. The Bertz CT molecular complexity index is 856. The lowest BCUT2D eigenvalue weighted by Gasteiger charge is -2.27. The first-order chi connectivity index (χ1) is 12.8. The van der Waals surface area contributed by atoms with Crippen LogP contribution >= 0.6 is 0 Å². The number of furan rings is 1. The molecule has 2 heterocycles. The predicted octanol–water partition coefficient (Wildman–Crippen LogP) is 4.36. The average Bonchev–Trinajstić information content (AvgIpc) is 3.10. The molecular formula is C22H25NO3. The third-order valence-electron chi connectivity index (χ3n) is 5.07. The Labute approximate surface area is 154 Å². The summed E-state index contributed by atoms with van der Waals surface area (Å²) in [5.74, 6) is 1.87. The van der Waals surface area contributed by atoms with Crippen LogP contribution in [0.25, 0.3) is 11.0 Å². The smallest absolute Gasteiger partial charge is 0.134 e. The van der Waals surface area contributed by atoms with Crippen LogP contribution in [-0.4, -0.2) is 26.3 Å². The second kappa shape index (κ2) is 7.83. The monoisotopic (exact) mass is 351 g/mol. The van der Waals surface area contributed by atoms with E-state index in [1.54, 1.807) is 7.11 Å². The number of nitrogens with one attached hydrogen (secondary N) is 1. The lowest BCUT2D eigenvalue weighted by atomic mass is 10.0. The van der Waals surface area contributed by atoms with Crippen LogP contribution in [0.4, 0.5) is 0 Å². The minimum atomic E-state index is 0.341. The SMILES string of the molecule is COc1cccc2c1CC(NCCCCc1coc3ccccc13)CO2. The maximum atomic E-state index is 5.89. The molecule has 0 saturated heterocycles. The number of hydrogen-bond donors (Lipinski definition) is 1. The van der Waals surface area contributed by atoms with Gasteiger partial charge in [0.2, 0.25) is 0 Å². The van der Waals surface area contributed by atoms with Gasteiger partial charge >= 0.3 is 0 Å². The lowest BCUT2D eigenvalue weighted by Crippen LogP contribution is -2.39. The summed E-state index contributed by atoms with van der Waals surface area (Å²) in [6.45, 7) is 1.71. The Hall–Kier alpha value is -2.46. The zero-order valence-corrected chi connectivity index (χ0v) is 15.2. The van der Waals surface area contributed by atoms with Crippen molar-refractivity contribution >= 4 is 11.0 Å². The van der Waals surface area contributed by atoms with Crippen LogP contribution in [0.5, 0.6) is 11.5 Å². The molecular weight excluding hydrogens is 326 g/mol. The fourth-order valence-electron chi connectivity index (χ4n) is 3.67. The Kier molecular flexibility index (Phi) is 5.12. The molecule has 0 bridgehead atoms. The number of fused-ring (bicyclic) bond motifs is 2. The van der Waals surface area contributed by atoms with Gasteiger partial charge in [0.25, 0.3) is 0 Å². The highest BCUT2D eigenvalue weighted by Crippen LogP contribution is 2.32. The molecule has 4 nitrogen and oxygen atoms in total. The number of benzene rings is 2. The van der Waals surface area contributed by atoms with E-state index in [1.807, 2.05) is 36.6 Å². The molecule has 0 radical (unpaired) electrons. The van der Waals surface area contributed by atoms with Gasteiger partial charge in [-0.1, -0.05) is 24.3 Å². The van der Waals surface area contributed by atoms with Crippen molar-refractivity contribution in [1.82, 2.24) is 5.32 Å². The number of hydrogen-bond acceptors (Lipinski definition) is 4. The topological polar surface area (TPSA) is 43.6 Å². The molecule has 1 atom stereocenters. The second-order valence-electron chi connectivity index (χ2n) is 6.82. The summed E-state index contributed by atoms with van der Waals surface area (Å²) >= 11 is 0. The summed E-state index contributed by atoms with van der Waals surface area (Å²) in [6, 6.07) is 14.6. The fourth-order valence-corrected chi connectivity index (χ4v) is 3.67. The first-order valence-corrected chi connectivity index (χ1v) is 9.32. The maximum Gasteiger partial charge on any atom is 0.134 e. The van der Waals surface area contributed by atoms with E-state index in [2.05, 4.69) is 17.4 Å². The molecule has 3 aromatic rings. The van der Waals surface area contributed by atoms with Crippen molar-refractivity contribution in [3.8, 4) is 11.5 Å². The standard InChI is InChI=1S/C22H25NO3/c1-24-20-10-6-11-22-19(20)13-17(15-26-22)23-12-5-4-7-16-14-25-21-9-3-2-8-18(16)21/h2-3,6,8-11,14,17,23H,4-5,7,12-13,15H2,1H3. The molecule has 136 valence electrons. The molecule has 0 amide bonds. The Morgan fingerprint density at radius 1 is 1.12 bits per heavy atom. The van der Waals surface area contributed by atoms with Crippen LogP contribution in [0.1, 0.15) is 24.0 Å². The summed E-state index contributed by atoms with van der Waals surface area (Å²) in [6.07, 6.45) is 6.18. The molecule has 0 fully saturated rings. The van der Waals surface area contributed by atoms with Crippen LogP contribution in [0, 0.1) is 0 Å². The van der Waals surface area contributed by atoms with E-state index in [0.717, 1.165) is 49.3 Å². The van der Waals surface area contributed by atoms with Gasteiger partial charge in [0, 0.05) is 17.0 Å². The fraction of sp³-hybridized carbons (Fsp3) is 0.364. The van der Waals surface area contributed by atoms with Crippen molar-refractivity contribution in [2.45, 2.75) is 31.7 Å². The summed E-state index contributed by atoms with van der Waals surface area (Å²) in [5, 5.41) is 4.87. The number of aryl methyl sites for hydroxylation is 1. The number of ether oxygens (including phenoxy) is 2. The van der Waals surface area contributed by atoms with Gasteiger partial charge in [-0.3, -0.25) is 0 Å². The van der Waals surface area contributed by atoms with E-state index >= 15 is 0 Å². The van der Waals surface area contributed by atoms with Crippen LogP contribution in [0.2, 0.25) is 0 Å². The minimum Gasteiger partial charge on any atom is -0.496 e. The van der Waals surface area contributed by atoms with Gasteiger partial charge in [0.15, 0.2) is 0 Å². The Morgan fingerprint density at radius 3 is 2.96 bits per heavy atom. The summed E-state index contributed by atoms with van der Waals surface area (Å²) < 4.78 is 17.0. The molecule has 4 heteroatoms. The first kappa shape index (κ1) is 17.0. The van der Waals surface area contributed by atoms with E-state index in [9.17, 15) is 0 Å². The Balaban J connectivity index is 1.24. The van der Waals surface area contributed by atoms with Gasteiger partial charge in [-0.25, -0.2) is 0 Å². The average molecular weight is 351 g/mol. The molecule has 1 aliphatic rings. The molecule has 26 heavy (non-hydrogen) atoms. The van der Waals surface area contributed by atoms with Crippen molar-refractivity contribution in [3.05, 3.63) is 59.9 Å². The van der Waals surface area contributed by atoms with E-state index in [1.165, 1.54) is 16.5 Å². The highest BCUT2D eigenvalue weighted by atomic mass is 16.5. The number of para-hydroxylation sites is 1. The van der Waals surface area contributed by atoms with Gasteiger partial charge in [-0.2, -0.15) is 0 Å². The highest BCUT2D eigenvalue weighted by molar-refractivity contribution is 5.80. The zero-order chi connectivity index (χ0) is 17.8. The highest BCUT2D eigenvalue weighted by Gasteiger charge is 2.22. The summed E-state index contributed by atoms with van der Waals surface area (Å²) in [7, 11) is 1.71. The summed E-state index contributed by atoms with van der Waals surface area (Å²) in [5.41, 5.74) is 3.46. The van der Waals surface area contributed by atoms with Crippen molar-refractivity contribution in [2.24, 2.45) is 0 Å². The van der Waals surface area contributed by atoms with E-state index in [-0.39, 0.29) is 0 Å². The molecule has 0 spiro atoms. The molecule has 1 unspecified atom stereocenters. The van der Waals surface area contributed by atoms with E-state index in [0.29, 0.717) is 12.6 Å².